The summed E-state index contributed by atoms with van der Waals surface area (Å²) in [4.78, 5) is 11.7. The Morgan fingerprint density at radius 3 is 2.82 bits per heavy atom. The third-order valence-electron chi connectivity index (χ3n) is 5.32. The van der Waals surface area contributed by atoms with Gasteiger partial charge in [0.25, 0.3) is 0 Å². The lowest BCUT2D eigenvalue weighted by atomic mass is 10.1. The molecular weight excluding hydrogens is 352 g/mol. The third-order valence-corrected chi connectivity index (χ3v) is 5.32. The van der Waals surface area contributed by atoms with E-state index in [-0.39, 0.29) is 12.6 Å². The van der Waals surface area contributed by atoms with E-state index < -0.39 is 0 Å². The first-order valence-corrected chi connectivity index (χ1v) is 9.80. The summed E-state index contributed by atoms with van der Waals surface area (Å²) in [6.07, 6.45) is 2.86. The van der Waals surface area contributed by atoms with Crippen LogP contribution < -0.4 is 15.0 Å². The summed E-state index contributed by atoms with van der Waals surface area (Å²) >= 11 is 0. The lowest BCUT2D eigenvalue weighted by molar-refractivity contribution is 0.265. The van der Waals surface area contributed by atoms with Gasteiger partial charge in [-0.05, 0) is 43.0 Å². The number of benzene rings is 2. The number of methoxy groups -OCH3 is 1. The topological polar surface area (TPSA) is 70.5 Å². The molecule has 28 heavy (non-hydrogen) atoms. The summed E-state index contributed by atoms with van der Waals surface area (Å²) in [5.74, 6) is 2.43. The molecule has 3 aromatic rings. The number of aromatic nitrogens is 2. The van der Waals surface area contributed by atoms with Crippen molar-refractivity contribution in [2.75, 3.05) is 37.0 Å². The fraction of sp³-hybridized carbons (Fsp3) is 0.364. The molecular formula is C22H26N4O2. The molecule has 1 aromatic heterocycles. The summed E-state index contributed by atoms with van der Waals surface area (Å²) in [6.45, 7) is 1.75. The van der Waals surface area contributed by atoms with Gasteiger partial charge >= 0.3 is 0 Å². The Hall–Kier alpha value is -2.86. The zero-order valence-electron chi connectivity index (χ0n) is 16.1. The molecule has 0 unspecified atom stereocenters. The number of ether oxygens (including phenoxy) is 1. The van der Waals surface area contributed by atoms with E-state index in [1.165, 1.54) is 0 Å². The van der Waals surface area contributed by atoms with E-state index in [1.807, 2.05) is 42.5 Å². The molecule has 0 amide bonds. The molecule has 1 fully saturated rings. The second kappa shape index (κ2) is 8.44. The van der Waals surface area contributed by atoms with Crippen molar-refractivity contribution in [1.29, 1.82) is 0 Å². The molecule has 6 heteroatoms. The highest BCUT2D eigenvalue weighted by molar-refractivity contribution is 5.90. The largest absolute Gasteiger partial charge is 0.496 e. The normalized spacial score (nSPS) is 16.5. The zero-order valence-corrected chi connectivity index (χ0v) is 16.1. The number of hydrogen-bond acceptors (Lipinski definition) is 6. The van der Waals surface area contributed by atoms with Crippen molar-refractivity contribution in [2.45, 2.75) is 25.3 Å². The van der Waals surface area contributed by atoms with Gasteiger partial charge in [0, 0.05) is 18.5 Å². The molecule has 2 N–H and O–H groups in total. The number of anilines is 2. The number of aliphatic hydroxyl groups excluding tert-OH is 1. The summed E-state index contributed by atoms with van der Waals surface area (Å²) in [7, 11) is 1.70. The van der Waals surface area contributed by atoms with Crippen LogP contribution in [-0.4, -0.2) is 47.9 Å². The van der Waals surface area contributed by atoms with Gasteiger partial charge in [-0.25, -0.2) is 4.98 Å². The molecule has 0 radical (unpaired) electrons. The Labute approximate surface area is 165 Å². The van der Waals surface area contributed by atoms with Crippen LogP contribution in [0.4, 0.5) is 11.8 Å². The minimum Gasteiger partial charge on any atom is -0.496 e. The SMILES string of the molecule is COc1ccccc1CCNc1nc(N2CCC[C@H]2CO)nc2ccccc12. The average Bonchev–Trinajstić information content (AvgIpc) is 3.23. The monoisotopic (exact) mass is 378 g/mol. The van der Waals surface area contributed by atoms with Gasteiger partial charge < -0.3 is 20.1 Å². The summed E-state index contributed by atoms with van der Waals surface area (Å²) in [5.41, 5.74) is 2.08. The van der Waals surface area contributed by atoms with Crippen LogP contribution in [0.15, 0.2) is 48.5 Å². The smallest absolute Gasteiger partial charge is 0.228 e. The van der Waals surface area contributed by atoms with Crippen molar-refractivity contribution in [2.24, 2.45) is 0 Å². The van der Waals surface area contributed by atoms with Crippen LogP contribution in [0, 0.1) is 0 Å². The van der Waals surface area contributed by atoms with Gasteiger partial charge in [-0.3, -0.25) is 0 Å². The maximum absolute atomic E-state index is 9.67. The first-order valence-electron chi connectivity index (χ1n) is 9.80. The number of fused-ring (bicyclic) bond motifs is 1. The molecule has 1 aliphatic rings. The molecule has 1 atom stereocenters. The highest BCUT2D eigenvalue weighted by Crippen LogP contribution is 2.28. The molecule has 0 aliphatic carbocycles. The fourth-order valence-electron chi connectivity index (χ4n) is 3.84. The van der Waals surface area contributed by atoms with Crippen molar-refractivity contribution in [3.8, 4) is 5.75 Å². The minimum atomic E-state index is 0.0996. The van der Waals surface area contributed by atoms with Crippen molar-refractivity contribution >= 4 is 22.7 Å². The average molecular weight is 378 g/mol. The molecule has 0 bridgehead atoms. The molecule has 2 heterocycles. The van der Waals surface area contributed by atoms with Crippen LogP contribution in [0.25, 0.3) is 10.9 Å². The van der Waals surface area contributed by atoms with E-state index >= 15 is 0 Å². The van der Waals surface area contributed by atoms with Gasteiger partial charge in [0.2, 0.25) is 5.95 Å². The predicted molar refractivity (Wildman–Crippen MR) is 112 cm³/mol. The van der Waals surface area contributed by atoms with Crippen LogP contribution in [0.2, 0.25) is 0 Å². The Kier molecular flexibility index (Phi) is 5.58. The first kappa shape index (κ1) is 18.5. The van der Waals surface area contributed by atoms with Crippen molar-refractivity contribution < 1.29 is 9.84 Å². The van der Waals surface area contributed by atoms with Crippen molar-refractivity contribution in [3.63, 3.8) is 0 Å². The number of nitrogens with one attached hydrogen (secondary N) is 1. The van der Waals surface area contributed by atoms with Crippen LogP contribution in [0.1, 0.15) is 18.4 Å². The highest BCUT2D eigenvalue weighted by Gasteiger charge is 2.26. The van der Waals surface area contributed by atoms with Gasteiger partial charge in [-0.2, -0.15) is 4.98 Å². The maximum Gasteiger partial charge on any atom is 0.228 e. The predicted octanol–water partition coefficient (Wildman–Crippen LogP) is 3.25. The van der Waals surface area contributed by atoms with Gasteiger partial charge in [-0.15, -0.1) is 0 Å². The van der Waals surface area contributed by atoms with Gasteiger partial charge in [0.1, 0.15) is 11.6 Å². The Morgan fingerprint density at radius 2 is 1.96 bits per heavy atom. The van der Waals surface area contributed by atoms with E-state index in [0.29, 0.717) is 5.95 Å². The second-order valence-electron chi connectivity index (χ2n) is 7.05. The van der Waals surface area contributed by atoms with E-state index in [0.717, 1.165) is 60.4 Å². The quantitative estimate of drug-likeness (QED) is 0.658. The fourth-order valence-corrected chi connectivity index (χ4v) is 3.84. The third kappa shape index (κ3) is 3.73. The van der Waals surface area contributed by atoms with Gasteiger partial charge in [0.05, 0.1) is 25.3 Å². The second-order valence-corrected chi connectivity index (χ2v) is 7.05. The number of para-hydroxylation sites is 2. The van der Waals surface area contributed by atoms with E-state index in [9.17, 15) is 5.11 Å². The number of aliphatic hydroxyl groups is 1. The number of rotatable bonds is 7. The molecule has 2 aromatic carbocycles. The Bertz CT molecular complexity index is 947. The van der Waals surface area contributed by atoms with Crippen LogP contribution >= 0.6 is 0 Å². The lowest BCUT2D eigenvalue weighted by Gasteiger charge is -2.24. The van der Waals surface area contributed by atoms with Gasteiger partial charge in [-0.1, -0.05) is 30.3 Å². The van der Waals surface area contributed by atoms with Crippen LogP contribution in [-0.2, 0) is 6.42 Å². The van der Waals surface area contributed by atoms with Crippen molar-refractivity contribution in [1.82, 2.24) is 9.97 Å². The minimum absolute atomic E-state index is 0.0996. The molecule has 1 saturated heterocycles. The molecule has 146 valence electrons. The van der Waals surface area contributed by atoms with E-state index in [4.69, 9.17) is 14.7 Å². The molecule has 4 rings (SSSR count). The Balaban J connectivity index is 1.58. The number of nitrogens with zero attached hydrogens (tertiary/aromatic N) is 3. The maximum atomic E-state index is 9.67. The molecule has 6 nitrogen and oxygen atoms in total. The lowest BCUT2D eigenvalue weighted by Crippen LogP contribution is -2.33. The molecule has 0 saturated carbocycles. The van der Waals surface area contributed by atoms with Crippen LogP contribution in [0.3, 0.4) is 0 Å². The standard InChI is InChI=1S/C22H26N4O2/c1-28-20-11-5-2-7-16(20)12-13-23-21-18-9-3-4-10-19(18)24-22(25-21)26-14-6-8-17(26)15-27/h2-5,7,9-11,17,27H,6,8,12-15H2,1H3,(H,23,24,25)/t17-/m0/s1. The van der Waals surface area contributed by atoms with Crippen LogP contribution in [0.5, 0.6) is 5.75 Å². The van der Waals surface area contributed by atoms with Gasteiger partial charge in [0.15, 0.2) is 0 Å². The highest BCUT2D eigenvalue weighted by atomic mass is 16.5. The van der Waals surface area contributed by atoms with E-state index in [2.05, 4.69) is 16.3 Å². The van der Waals surface area contributed by atoms with Crippen molar-refractivity contribution in [3.05, 3.63) is 54.1 Å². The molecule has 1 aliphatic heterocycles. The number of hydrogen-bond donors (Lipinski definition) is 2. The first-order chi connectivity index (χ1) is 13.8. The molecule has 0 spiro atoms. The Morgan fingerprint density at radius 1 is 1.14 bits per heavy atom. The summed E-state index contributed by atoms with van der Waals surface area (Å²) in [5, 5.41) is 14.2. The zero-order chi connectivity index (χ0) is 19.3. The summed E-state index contributed by atoms with van der Waals surface area (Å²) < 4.78 is 5.45. The summed E-state index contributed by atoms with van der Waals surface area (Å²) in [6, 6.07) is 16.2. The van der Waals surface area contributed by atoms with E-state index in [1.54, 1.807) is 7.11 Å².